The van der Waals surface area contributed by atoms with Crippen LogP contribution in [-0.4, -0.2) is 51.4 Å². The van der Waals surface area contributed by atoms with E-state index in [1.54, 1.807) is 18.2 Å². The third kappa shape index (κ3) is 3.47. The maximum atomic E-state index is 10.1. The van der Waals surface area contributed by atoms with Crippen molar-refractivity contribution >= 4 is 5.95 Å². The first-order chi connectivity index (χ1) is 11.6. The minimum Gasteiger partial charge on any atom is -0.507 e. The predicted molar refractivity (Wildman–Crippen MR) is 93.7 cm³/mol. The molecule has 1 atom stereocenters. The molecule has 0 amide bonds. The van der Waals surface area contributed by atoms with Gasteiger partial charge in [0.05, 0.1) is 5.69 Å². The average Bonchev–Trinajstić information content (AvgIpc) is 2.55. The topological polar surface area (TPSA) is 74.2 Å². The van der Waals surface area contributed by atoms with Crippen molar-refractivity contribution in [3.8, 4) is 29.4 Å². The second-order valence-electron chi connectivity index (χ2n) is 6.19. The van der Waals surface area contributed by atoms with E-state index in [9.17, 15) is 5.11 Å². The summed E-state index contributed by atoms with van der Waals surface area (Å²) in [6.07, 6.45) is 7.60. The van der Waals surface area contributed by atoms with E-state index in [4.69, 9.17) is 6.42 Å². The van der Waals surface area contributed by atoms with Gasteiger partial charge < -0.3 is 15.3 Å². The molecular weight excluding hydrogens is 302 g/mol. The Labute approximate surface area is 141 Å². The van der Waals surface area contributed by atoms with Crippen LogP contribution in [0.15, 0.2) is 18.2 Å². The molecule has 124 valence electrons. The van der Waals surface area contributed by atoms with E-state index < -0.39 is 0 Å². The van der Waals surface area contributed by atoms with Gasteiger partial charge in [-0.05, 0) is 51.6 Å². The Hall–Kier alpha value is -2.65. The highest BCUT2D eigenvalue weighted by atomic mass is 16.3. The number of terminal acetylenes is 1. The van der Waals surface area contributed by atoms with Crippen molar-refractivity contribution in [2.45, 2.75) is 25.8 Å². The number of piperidine rings is 1. The zero-order chi connectivity index (χ0) is 17.1. The Bertz CT molecular complexity index is 783. The molecule has 0 bridgehead atoms. The van der Waals surface area contributed by atoms with E-state index in [2.05, 4.69) is 38.4 Å². The number of phenols is 1. The summed E-state index contributed by atoms with van der Waals surface area (Å²) >= 11 is 0. The van der Waals surface area contributed by atoms with E-state index in [0.717, 1.165) is 25.9 Å². The molecule has 2 N–H and O–H groups in total. The van der Waals surface area contributed by atoms with Crippen LogP contribution >= 0.6 is 0 Å². The van der Waals surface area contributed by atoms with Gasteiger partial charge in [0, 0.05) is 23.7 Å². The van der Waals surface area contributed by atoms with E-state index >= 15 is 0 Å². The molecule has 1 aromatic heterocycles. The van der Waals surface area contributed by atoms with Crippen LogP contribution in [0.5, 0.6) is 5.75 Å². The van der Waals surface area contributed by atoms with Crippen molar-refractivity contribution in [2.75, 3.05) is 25.5 Å². The van der Waals surface area contributed by atoms with Crippen LogP contribution in [0.1, 0.15) is 24.1 Å². The Kier molecular flexibility index (Phi) is 4.63. The van der Waals surface area contributed by atoms with Crippen molar-refractivity contribution < 1.29 is 5.11 Å². The second-order valence-corrected chi connectivity index (χ2v) is 6.19. The van der Waals surface area contributed by atoms with Crippen molar-refractivity contribution in [1.82, 2.24) is 20.1 Å². The Morgan fingerprint density at radius 1 is 1.38 bits per heavy atom. The maximum Gasteiger partial charge on any atom is 0.243 e. The number of benzene rings is 1. The molecule has 2 aromatic rings. The average molecular weight is 323 g/mol. The molecule has 0 spiro atoms. The first-order valence-corrected chi connectivity index (χ1v) is 8.03. The van der Waals surface area contributed by atoms with Crippen molar-refractivity contribution in [2.24, 2.45) is 0 Å². The fraction of sp³-hybridized carbons (Fsp3) is 0.389. The number of phenolic OH excluding ortho intramolecular Hbond substituents is 1. The highest BCUT2D eigenvalue weighted by Gasteiger charge is 2.19. The number of aromatic hydroxyl groups is 1. The van der Waals surface area contributed by atoms with Gasteiger partial charge in [0.1, 0.15) is 11.4 Å². The van der Waals surface area contributed by atoms with Gasteiger partial charge in [0.15, 0.2) is 0 Å². The molecule has 1 saturated heterocycles. The predicted octanol–water partition coefficient (Wildman–Crippen LogP) is 2.04. The van der Waals surface area contributed by atoms with Gasteiger partial charge in [-0.1, -0.05) is 5.92 Å². The molecule has 1 aliphatic rings. The van der Waals surface area contributed by atoms with E-state index in [1.165, 1.54) is 0 Å². The molecule has 1 fully saturated rings. The first-order valence-electron chi connectivity index (χ1n) is 8.03. The van der Waals surface area contributed by atoms with Crippen LogP contribution in [0.3, 0.4) is 0 Å². The van der Waals surface area contributed by atoms with Crippen LogP contribution in [-0.2, 0) is 0 Å². The fourth-order valence-corrected chi connectivity index (χ4v) is 3.00. The van der Waals surface area contributed by atoms with Crippen LogP contribution in [0.4, 0.5) is 5.95 Å². The standard InChI is InChI=1S/C18H21N5O/c1-4-13-7-8-15(16(24)10-13)17-12(2)19-18(22-21-17)20-14-6-5-9-23(3)11-14/h1,7-8,10,14,24H,5-6,9,11H2,2-3H3,(H,19,20,22). The number of aryl methyl sites for hydroxylation is 1. The summed E-state index contributed by atoms with van der Waals surface area (Å²) < 4.78 is 0. The lowest BCUT2D eigenvalue weighted by molar-refractivity contribution is 0.260. The lowest BCUT2D eigenvalue weighted by atomic mass is 10.1. The number of anilines is 1. The van der Waals surface area contributed by atoms with E-state index in [1.807, 2.05) is 6.92 Å². The highest BCUT2D eigenvalue weighted by Crippen LogP contribution is 2.30. The molecular formula is C18H21N5O. The molecule has 6 heteroatoms. The number of aromatic nitrogens is 3. The number of nitrogens with zero attached hydrogens (tertiary/aromatic N) is 4. The summed E-state index contributed by atoms with van der Waals surface area (Å²) in [6, 6.07) is 5.38. The van der Waals surface area contributed by atoms with Gasteiger partial charge >= 0.3 is 0 Å². The number of hydrogen-bond donors (Lipinski definition) is 2. The number of rotatable bonds is 3. The van der Waals surface area contributed by atoms with Gasteiger partial charge in [0.2, 0.25) is 5.95 Å². The third-order valence-electron chi connectivity index (χ3n) is 4.24. The van der Waals surface area contributed by atoms with Crippen molar-refractivity contribution in [1.29, 1.82) is 0 Å². The number of likely N-dealkylation sites (tertiary alicyclic amines) is 1. The van der Waals surface area contributed by atoms with Gasteiger partial charge in [-0.15, -0.1) is 16.6 Å². The fourth-order valence-electron chi connectivity index (χ4n) is 3.00. The van der Waals surface area contributed by atoms with Crippen LogP contribution < -0.4 is 5.32 Å². The maximum absolute atomic E-state index is 10.1. The molecule has 1 aliphatic heterocycles. The van der Waals surface area contributed by atoms with Gasteiger partial charge in [-0.3, -0.25) is 0 Å². The van der Waals surface area contributed by atoms with E-state index in [0.29, 0.717) is 34.5 Å². The minimum absolute atomic E-state index is 0.0827. The van der Waals surface area contributed by atoms with Crippen molar-refractivity contribution in [3.05, 3.63) is 29.5 Å². The first kappa shape index (κ1) is 16.2. The van der Waals surface area contributed by atoms with Gasteiger partial charge in [-0.25, -0.2) is 4.98 Å². The SMILES string of the molecule is C#Cc1ccc(-c2nnc(NC3CCCN(C)C3)nc2C)c(O)c1. The van der Waals surface area contributed by atoms with E-state index in [-0.39, 0.29) is 5.75 Å². The highest BCUT2D eigenvalue weighted by molar-refractivity contribution is 5.69. The quantitative estimate of drug-likeness (QED) is 0.842. The zero-order valence-electron chi connectivity index (χ0n) is 14.0. The molecule has 6 nitrogen and oxygen atoms in total. The molecule has 0 saturated carbocycles. The molecule has 2 heterocycles. The minimum atomic E-state index is 0.0827. The Morgan fingerprint density at radius 2 is 2.21 bits per heavy atom. The summed E-state index contributed by atoms with van der Waals surface area (Å²) in [7, 11) is 2.12. The summed E-state index contributed by atoms with van der Waals surface area (Å²) in [5.74, 6) is 3.10. The summed E-state index contributed by atoms with van der Waals surface area (Å²) in [5.41, 5.74) is 2.47. The second kappa shape index (κ2) is 6.85. The van der Waals surface area contributed by atoms with Crippen LogP contribution in [0, 0.1) is 19.3 Å². The number of hydrogen-bond acceptors (Lipinski definition) is 6. The Morgan fingerprint density at radius 3 is 2.88 bits per heavy atom. The monoisotopic (exact) mass is 323 g/mol. The summed E-state index contributed by atoms with van der Waals surface area (Å²) in [5, 5.41) is 21.9. The third-order valence-corrected chi connectivity index (χ3v) is 4.24. The number of nitrogens with one attached hydrogen (secondary N) is 1. The molecule has 0 aliphatic carbocycles. The number of likely N-dealkylation sites (N-methyl/N-ethyl adjacent to an activating group) is 1. The van der Waals surface area contributed by atoms with Crippen LogP contribution in [0.2, 0.25) is 0 Å². The molecule has 1 aromatic carbocycles. The Balaban J connectivity index is 1.81. The molecule has 3 rings (SSSR count). The van der Waals surface area contributed by atoms with Crippen LogP contribution in [0.25, 0.3) is 11.3 Å². The normalized spacial score (nSPS) is 18.1. The molecule has 0 radical (unpaired) electrons. The molecule has 24 heavy (non-hydrogen) atoms. The summed E-state index contributed by atoms with van der Waals surface area (Å²) in [6.45, 7) is 3.96. The largest absolute Gasteiger partial charge is 0.507 e. The van der Waals surface area contributed by atoms with Crippen molar-refractivity contribution in [3.63, 3.8) is 0 Å². The summed E-state index contributed by atoms with van der Waals surface area (Å²) in [4.78, 5) is 6.79. The molecule has 1 unspecified atom stereocenters. The zero-order valence-corrected chi connectivity index (χ0v) is 14.0. The lowest BCUT2D eigenvalue weighted by Crippen LogP contribution is -2.40. The smallest absolute Gasteiger partial charge is 0.243 e. The van der Waals surface area contributed by atoms with Gasteiger partial charge in [-0.2, -0.15) is 0 Å². The lowest BCUT2D eigenvalue weighted by Gasteiger charge is -2.30. The van der Waals surface area contributed by atoms with Gasteiger partial charge in [0.25, 0.3) is 0 Å².